The SMILES string of the molecule is COc1ccc2c(OC)c(C=O)c(O)cc2c1. The van der Waals surface area contributed by atoms with Crippen molar-refractivity contribution in [1.29, 1.82) is 0 Å². The minimum absolute atomic E-state index is 0.0994. The van der Waals surface area contributed by atoms with E-state index in [0.29, 0.717) is 17.8 Å². The fourth-order valence-corrected chi connectivity index (χ4v) is 1.81. The molecule has 0 aliphatic heterocycles. The zero-order valence-electron chi connectivity index (χ0n) is 9.56. The van der Waals surface area contributed by atoms with Gasteiger partial charge in [0.2, 0.25) is 0 Å². The molecule has 4 nitrogen and oxygen atoms in total. The van der Waals surface area contributed by atoms with Gasteiger partial charge < -0.3 is 14.6 Å². The van der Waals surface area contributed by atoms with Crippen LogP contribution < -0.4 is 9.47 Å². The quantitative estimate of drug-likeness (QED) is 0.825. The molecule has 0 aliphatic carbocycles. The van der Waals surface area contributed by atoms with Crippen molar-refractivity contribution in [1.82, 2.24) is 0 Å². The summed E-state index contributed by atoms with van der Waals surface area (Å²) in [4.78, 5) is 10.9. The number of rotatable bonds is 3. The summed E-state index contributed by atoms with van der Waals surface area (Å²) in [6, 6.07) is 6.85. The van der Waals surface area contributed by atoms with Gasteiger partial charge in [0.15, 0.2) is 6.29 Å². The first-order chi connectivity index (χ1) is 8.21. The Kier molecular flexibility index (Phi) is 2.87. The van der Waals surface area contributed by atoms with Crippen molar-refractivity contribution in [3.63, 3.8) is 0 Å². The van der Waals surface area contributed by atoms with E-state index in [4.69, 9.17) is 9.47 Å². The molecule has 1 N–H and O–H groups in total. The fraction of sp³-hybridized carbons (Fsp3) is 0.154. The maximum Gasteiger partial charge on any atom is 0.157 e. The predicted molar refractivity (Wildman–Crippen MR) is 64.1 cm³/mol. The highest BCUT2D eigenvalue weighted by Gasteiger charge is 2.13. The number of fused-ring (bicyclic) bond motifs is 1. The normalized spacial score (nSPS) is 10.2. The van der Waals surface area contributed by atoms with E-state index in [9.17, 15) is 9.90 Å². The van der Waals surface area contributed by atoms with Crippen molar-refractivity contribution in [3.05, 3.63) is 29.8 Å². The number of phenols is 1. The summed E-state index contributed by atoms with van der Waals surface area (Å²) in [5, 5.41) is 11.2. The number of hydrogen-bond acceptors (Lipinski definition) is 4. The standard InChI is InChI=1S/C13H12O4/c1-16-9-3-4-10-8(5-9)6-12(15)11(7-14)13(10)17-2/h3-7,15H,1-2H3. The van der Waals surface area contributed by atoms with Crippen LogP contribution in [-0.4, -0.2) is 25.6 Å². The third-order valence-electron chi connectivity index (χ3n) is 2.64. The number of phenolic OH excluding ortho intramolecular Hbond substituents is 1. The predicted octanol–water partition coefficient (Wildman–Crippen LogP) is 2.38. The molecule has 0 amide bonds. The Morgan fingerprint density at radius 1 is 1.18 bits per heavy atom. The van der Waals surface area contributed by atoms with E-state index in [-0.39, 0.29) is 11.3 Å². The summed E-state index contributed by atoms with van der Waals surface area (Å²) in [5.41, 5.74) is 0.158. The van der Waals surface area contributed by atoms with Crippen LogP contribution in [0.1, 0.15) is 10.4 Å². The Balaban J connectivity index is 2.82. The van der Waals surface area contributed by atoms with Crippen LogP contribution in [0.15, 0.2) is 24.3 Å². The molecule has 0 aliphatic rings. The smallest absolute Gasteiger partial charge is 0.157 e. The summed E-state index contributed by atoms with van der Waals surface area (Å²) in [7, 11) is 3.03. The van der Waals surface area contributed by atoms with Crippen LogP contribution in [0.2, 0.25) is 0 Å². The Morgan fingerprint density at radius 2 is 1.94 bits per heavy atom. The molecule has 0 saturated carbocycles. The average Bonchev–Trinajstić information content (AvgIpc) is 2.36. The first-order valence-corrected chi connectivity index (χ1v) is 5.04. The maximum absolute atomic E-state index is 10.9. The highest BCUT2D eigenvalue weighted by atomic mass is 16.5. The van der Waals surface area contributed by atoms with Crippen molar-refractivity contribution in [2.75, 3.05) is 14.2 Å². The largest absolute Gasteiger partial charge is 0.507 e. The molecule has 0 bridgehead atoms. The summed E-state index contributed by atoms with van der Waals surface area (Å²) in [6.45, 7) is 0. The van der Waals surface area contributed by atoms with Gasteiger partial charge in [-0.1, -0.05) is 0 Å². The highest BCUT2D eigenvalue weighted by Crippen LogP contribution is 2.36. The molecular weight excluding hydrogens is 220 g/mol. The second-order valence-electron chi connectivity index (χ2n) is 3.55. The summed E-state index contributed by atoms with van der Waals surface area (Å²) < 4.78 is 10.3. The molecule has 4 heteroatoms. The minimum Gasteiger partial charge on any atom is -0.507 e. The topological polar surface area (TPSA) is 55.8 Å². The van der Waals surface area contributed by atoms with E-state index in [1.807, 2.05) is 0 Å². The van der Waals surface area contributed by atoms with Gasteiger partial charge in [0.25, 0.3) is 0 Å². The molecule has 88 valence electrons. The molecule has 2 aromatic carbocycles. The first-order valence-electron chi connectivity index (χ1n) is 5.04. The van der Waals surface area contributed by atoms with Crippen LogP contribution >= 0.6 is 0 Å². The molecule has 0 saturated heterocycles. The van der Waals surface area contributed by atoms with Crippen molar-refractivity contribution in [3.8, 4) is 17.2 Å². The van der Waals surface area contributed by atoms with Gasteiger partial charge in [0.1, 0.15) is 17.2 Å². The number of hydrogen-bond donors (Lipinski definition) is 1. The fourth-order valence-electron chi connectivity index (χ4n) is 1.81. The number of carbonyl (C=O) groups is 1. The van der Waals surface area contributed by atoms with Gasteiger partial charge in [-0.3, -0.25) is 4.79 Å². The molecule has 0 aromatic heterocycles. The van der Waals surface area contributed by atoms with Crippen molar-refractivity contribution in [2.45, 2.75) is 0 Å². The van der Waals surface area contributed by atoms with Crippen LogP contribution in [0.3, 0.4) is 0 Å². The van der Waals surface area contributed by atoms with Gasteiger partial charge in [0, 0.05) is 5.39 Å². The van der Waals surface area contributed by atoms with Crippen LogP contribution in [0.4, 0.5) is 0 Å². The zero-order valence-corrected chi connectivity index (χ0v) is 9.56. The third-order valence-corrected chi connectivity index (χ3v) is 2.64. The number of methoxy groups -OCH3 is 2. The van der Waals surface area contributed by atoms with E-state index >= 15 is 0 Å². The Bertz CT molecular complexity index is 575. The van der Waals surface area contributed by atoms with Crippen LogP contribution in [0, 0.1) is 0 Å². The Morgan fingerprint density at radius 3 is 2.53 bits per heavy atom. The van der Waals surface area contributed by atoms with Crippen LogP contribution in [0.25, 0.3) is 10.8 Å². The van der Waals surface area contributed by atoms with E-state index in [1.165, 1.54) is 13.2 Å². The molecule has 0 heterocycles. The van der Waals surface area contributed by atoms with Crippen LogP contribution in [0.5, 0.6) is 17.2 Å². The van der Waals surface area contributed by atoms with Gasteiger partial charge in [-0.25, -0.2) is 0 Å². The van der Waals surface area contributed by atoms with E-state index in [2.05, 4.69) is 0 Å². The Hall–Kier alpha value is -2.23. The lowest BCUT2D eigenvalue weighted by Crippen LogP contribution is -1.93. The zero-order chi connectivity index (χ0) is 12.4. The van der Waals surface area contributed by atoms with Gasteiger partial charge in [-0.2, -0.15) is 0 Å². The molecule has 0 radical (unpaired) electrons. The van der Waals surface area contributed by atoms with Crippen molar-refractivity contribution < 1.29 is 19.4 Å². The molecule has 0 spiro atoms. The van der Waals surface area contributed by atoms with Gasteiger partial charge in [0.05, 0.1) is 19.8 Å². The lowest BCUT2D eigenvalue weighted by molar-refractivity contribution is 0.111. The highest BCUT2D eigenvalue weighted by molar-refractivity contribution is 5.99. The molecular formula is C13H12O4. The van der Waals surface area contributed by atoms with E-state index in [1.54, 1.807) is 25.3 Å². The number of aromatic hydroxyl groups is 1. The lowest BCUT2D eigenvalue weighted by Gasteiger charge is -2.10. The molecule has 17 heavy (non-hydrogen) atoms. The molecule has 0 fully saturated rings. The molecule has 2 aromatic rings. The van der Waals surface area contributed by atoms with Crippen molar-refractivity contribution >= 4 is 17.1 Å². The second-order valence-corrected chi connectivity index (χ2v) is 3.55. The number of carbonyl (C=O) groups excluding carboxylic acids is 1. The van der Waals surface area contributed by atoms with Crippen LogP contribution in [-0.2, 0) is 0 Å². The number of benzene rings is 2. The first kappa shape index (κ1) is 11.3. The third kappa shape index (κ3) is 1.78. The average molecular weight is 232 g/mol. The minimum atomic E-state index is -0.0994. The van der Waals surface area contributed by atoms with Gasteiger partial charge in [-0.05, 0) is 29.7 Å². The summed E-state index contributed by atoms with van der Waals surface area (Å²) >= 11 is 0. The summed E-state index contributed by atoms with van der Waals surface area (Å²) in [6.07, 6.45) is 0.581. The number of ether oxygens (including phenoxy) is 2. The van der Waals surface area contributed by atoms with Gasteiger partial charge in [-0.15, -0.1) is 0 Å². The maximum atomic E-state index is 10.9. The van der Waals surface area contributed by atoms with E-state index in [0.717, 1.165) is 10.8 Å². The summed E-state index contributed by atoms with van der Waals surface area (Å²) in [5.74, 6) is 0.952. The monoisotopic (exact) mass is 232 g/mol. The lowest BCUT2D eigenvalue weighted by atomic mass is 10.0. The van der Waals surface area contributed by atoms with E-state index < -0.39 is 0 Å². The molecule has 0 atom stereocenters. The second kappa shape index (κ2) is 4.33. The van der Waals surface area contributed by atoms with Gasteiger partial charge >= 0.3 is 0 Å². The number of aldehydes is 1. The Labute approximate surface area is 98.4 Å². The molecule has 0 unspecified atom stereocenters. The molecule has 2 rings (SSSR count). The van der Waals surface area contributed by atoms with Crippen molar-refractivity contribution in [2.24, 2.45) is 0 Å².